The summed E-state index contributed by atoms with van der Waals surface area (Å²) in [6.45, 7) is 5.96. The number of nitrogens with zero attached hydrogens (tertiary/aromatic N) is 2. The van der Waals surface area contributed by atoms with Gasteiger partial charge in [-0.05, 0) is 36.8 Å². The lowest BCUT2D eigenvalue weighted by Gasteiger charge is -2.25. The van der Waals surface area contributed by atoms with Crippen molar-refractivity contribution in [3.8, 4) is 0 Å². The average Bonchev–Trinajstić information content (AvgIpc) is 3.19. The largest absolute Gasteiger partial charge is 0.396 e. The summed E-state index contributed by atoms with van der Waals surface area (Å²) in [6.07, 6.45) is 8.46. The average molecular weight is 404 g/mol. The summed E-state index contributed by atoms with van der Waals surface area (Å²) in [5.41, 5.74) is 9.44. The summed E-state index contributed by atoms with van der Waals surface area (Å²) in [7, 11) is 0. The lowest BCUT2D eigenvalue weighted by Crippen LogP contribution is -2.15. The lowest BCUT2D eigenvalue weighted by molar-refractivity contribution is 0.578. The first-order valence-electron chi connectivity index (χ1n) is 9.76. The number of halogens is 2. The lowest BCUT2D eigenvalue weighted by atomic mass is 9.98. The molecule has 0 unspecified atom stereocenters. The number of aromatic amines is 1. The van der Waals surface area contributed by atoms with Gasteiger partial charge in [0.15, 0.2) is 5.82 Å². The van der Waals surface area contributed by atoms with Crippen LogP contribution in [0.4, 0.5) is 14.5 Å². The summed E-state index contributed by atoms with van der Waals surface area (Å²) in [5.74, 6) is -0.670. The first-order chi connectivity index (χ1) is 14.5. The van der Waals surface area contributed by atoms with E-state index in [1.54, 1.807) is 23.4 Å². The SMILES string of the molecule is C=CN1C=C(c2c(F)ccc(N)c2F)C=C/C1=C(/CCC)c1nc2ccccc2[nH]1. The van der Waals surface area contributed by atoms with E-state index in [-0.39, 0.29) is 11.3 Å². The van der Waals surface area contributed by atoms with Gasteiger partial charge in [-0.1, -0.05) is 38.1 Å². The number of para-hydroxylation sites is 2. The van der Waals surface area contributed by atoms with E-state index in [2.05, 4.69) is 18.5 Å². The molecule has 0 atom stereocenters. The van der Waals surface area contributed by atoms with Crippen LogP contribution in [0.25, 0.3) is 22.2 Å². The van der Waals surface area contributed by atoms with Crippen LogP contribution in [0.2, 0.25) is 0 Å². The van der Waals surface area contributed by atoms with Crippen molar-refractivity contribution in [1.82, 2.24) is 14.9 Å². The van der Waals surface area contributed by atoms with Crippen molar-refractivity contribution < 1.29 is 8.78 Å². The molecular weight excluding hydrogens is 382 g/mol. The highest BCUT2D eigenvalue weighted by Gasteiger charge is 2.21. The number of nitrogens with two attached hydrogens (primary N) is 1. The summed E-state index contributed by atoms with van der Waals surface area (Å²) in [5, 5.41) is 0. The molecule has 0 spiro atoms. The number of anilines is 1. The van der Waals surface area contributed by atoms with E-state index in [0.717, 1.165) is 41.0 Å². The molecule has 152 valence electrons. The van der Waals surface area contributed by atoms with E-state index in [4.69, 9.17) is 10.7 Å². The van der Waals surface area contributed by atoms with E-state index in [1.165, 1.54) is 12.1 Å². The van der Waals surface area contributed by atoms with E-state index in [9.17, 15) is 8.78 Å². The zero-order valence-corrected chi connectivity index (χ0v) is 16.6. The molecule has 1 aliphatic rings. The second-order valence-electron chi connectivity index (χ2n) is 7.05. The molecular formula is C24H22F2N4. The Morgan fingerprint density at radius 2 is 2.00 bits per heavy atom. The molecule has 1 aliphatic heterocycles. The van der Waals surface area contributed by atoms with E-state index in [0.29, 0.717) is 5.57 Å². The number of hydrogen-bond donors (Lipinski definition) is 2. The second kappa shape index (κ2) is 7.99. The Morgan fingerprint density at radius 3 is 2.73 bits per heavy atom. The van der Waals surface area contributed by atoms with Gasteiger partial charge in [0.1, 0.15) is 11.6 Å². The Kier molecular flexibility index (Phi) is 5.23. The minimum atomic E-state index is -0.770. The summed E-state index contributed by atoms with van der Waals surface area (Å²) < 4.78 is 28.9. The Bertz CT molecular complexity index is 1180. The van der Waals surface area contributed by atoms with Gasteiger partial charge in [0.25, 0.3) is 0 Å². The fraction of sp³-hybridized carbons (Fsp3) is 0.125. The first kappa shape index (κ1) is 19.6. The van der Waals surface area contributed by atoms with Gasteiger partial charge >= 0.3 is 0 Å². The molecule has 0 aliphatic carbocycles. The van der Waals surface area contributed by atoms with Gasteiger partial charge in [0.2, 0.25) is 0 Å². The van der Waals surface area contributed by atoms with Gasteiger partial charge in [-0.15, -0.1) is 0 Å². The Balaban J connectivity index is 1.83. The molecule has 0 saturated carbocycles. The van der Waals surface area contributed by atoms with Gasteiger partial charge in [-0.3, -0.25) is 0 Å². The van der Waals surface area contributed by atoms with Crippen LogP contribution >= 0.6 is 0 Å². The Labute approximate surface area is 173 Å². The van der Waals surface area contributed by atoms with E-state index >= 15 is 0 Å². The Morgan fingerprint density at radius 1 is 1.20 bits per heavy atom. The molecule has 4 rings (SSSR count). The number of aromatic nitrogens is 2. The van der Waals surface area contributed by atoms with Crippen molar-refractivity contribution in [2.24, 2.45) is 0 Å². The maximum Gasteiger partial charge on any atom is 0.156 e. The number of benzene rings is 2. The summed E-state index contributed by atoms with van der Waals surface area (Å²) in [6, 6.07) is 10.2. The van der Waals surface area contributed by atoms with Gasteiger partial charge in [0, 0.05) is 23.5 Å². The third kappa shape index (κ3) is 3.41. The molecule has 3 aromatic rings. The molecule has 2 heterocycles. The topological polar surface area (TPSA) is 57.9 Å². The van der Waals surface area contributed by atoms with Crippen molar-refractivity contribution in [2.75, 3.05) is 5.73 Å². The molecule has 4 nitrogen and oxygen atoms in total. The third-order valence-electron chi connectivity index (χ3n) is 5.07. The van der Waals surface area contributed by atoms with Crippen LogP contribution in [0.15, 0.2) is 73.2 Å². The molecule has 0 fully saturated rings. The minimum Gasteiger partial charge on any atom is -0.396 e. The molecule has 1 aromatic heterocycles. The maximum absolute atomic E-state index is 14.5. The van der Waals surface area contributed by atoms with Crippen LogP contribution in [0.5, 0.6) is 0 Å². The fourth-order valence-electron chi connectivity index (χ4n) is 3.62. The molecule has 0 bridgehead atoms. The quantitative estimate of drug-likeness (QED) is 0.514. The van der Waals surface area contributed by atoms with Gasteiger partial charge in [0.05, 0.1) is 28.0 Å². The van der Waals surface area contributed by atoms with Gasteiger partial charge in [-0.25, -0.2) is 13.8 Å². The van der Waals surface area contributed by atoms with Crippen LogP contribution < -0.4 is 5.73 Å². The summed E-state index contributed by atoms with van der Waals surface area (Å²) >= 11 is 0. The molecule has 0 saturated heterocycles. The molecule has 3 N–H and O–H groups in total. The molecule has 2 aromatic carbocycles. The molecule has 6 heteroatoms. The Hall–Kier alpha value is -3.67. The number of rotatable bonds is 5. The van der Waals surface area contributed by atoms with Crippen molar-refractivity contribution in [2.45, 2.75) is 19.8 Å². The predicted octanol–water partition coefficient (Wildman–Crippen LogP) is 5.99. The van der Waals surface area contributed by atoms with E-state index in [1.807, 2.05) is 30.3 Å². The van der Waals surface area contributed by atoms with Gasteiger partial charge in [-0.2, -0.15) is 0 Å². The number of fused-ring (bicyclic) bond motifs is 1. The molecule has 0 radical (unpaired) electrons. The first-order valence-corrected chi connectivity index (χ1v) is 9.76. The number of H-pyrrole nitrogens is 1. The normalized spacial score (nSPS) is 15.4. The van der Waals surface area contributed by atoms with Crippen molar-refractivity contribution in [3.05, 3.63) is 96.2 Å². The number of nitrogen functional groups attached to an aromatic ring is 1. The van der Waals surface area contributed by atoms with Crippen molar-refractivity contribution >= 4 is 27.9 Å². The summed E-state index contributed by atoms with van der Waals surface area (Å²) in [4.78, 5) is 9.86. The fourth-order valence-corrected chi connectivity index (χ4v) is 3.62. The number of nitrogens with one attached hydrogen (secondary N) is 1. The number of hydrogen-bond acceptors (Lipinski definition) is 3. The van der Waals surface area contributed by atoms with Gasteiger partial charge < -0.3 is 15.6 Å². The third-order valence-corrected chi connectivity index (χ3v) is 5.07. The zero-order chi connectivity index (χ0) is 21.3. The standard InChI is InChI=1S/C24H22F2N4/c1-3-7-16(24-28-19-8-5-6-9-20(19)29-24)21-13-10-15(14-30(21)4-2)22-17(25)11-12-18(27)23(22)26/h4-6,8-14H,2-3,7,27H2,1H3,(H,28,29)/b21-16+. The number of allylic oxidation sites excluding steroid dienone is 4. The minimum absolute atomic E-state index is 0.0962. The smallest absolute Gasteiger partial charge is 0.156 e. The predicted molar refractivity (Wildman–Crippen MR) is 118 cm³/mol. The monoisotopic (exact) mass is 404 g/mol. The van der Waals surface area contributed by atoms with Crippen molar-refractivity contribution in [1.29, 1.82) is 0 Å². The van der Waals surface area contributed by atoms with Crippen LogP contribution in [-0.2, 0) is 0 Å². The second-order valence-corrected chi connectivity index (χ2v) is 7.05. The maximum atomic E-state index is 14.5. The number of imidazole rings is 1. The van der Waals surface area contributed by atoms with Crippen LogP contribution in [-0.4, -0.2) is 14.9 Å². The molecule has 30 heavy (non-hydrogen) atoms. The zero-order valence-electron chi connectivity index (χ0n) is 16.6. The van der Waals surface area contributed by atoms with Crippen LogP contribution in [0.3, 0.4) is 0 Å². The highest BCUT2D eigenvalue weighted by molar-refractivity contribution is 5.83. The van der Waals surface area contributed by atoms with Crippen LogP contribution in [0.1, 0.15) is 31.2 Å². The van der Waals surface area contributed by atoms with Crippen LogP contribution in [0, 0.1) is 11.6 Å². The van der Waals surface area contributed by atoms with E-state index < -0.39 is 11.6 Å². The van der Waals surface area contributed by atoms with Crippen molar-refractivity contribution in [3.63, 3.8) is 0 Å². The molecule has 0 amide bonds. The highest BCUT2D eigenvalue weighted by Crippen LogP contribution is 2.34. The highest BCUT2D eigenvalue weighted by atomic mass is 19.1.